The third-order valence-corrected chi connectivity index (χ3v) is 3.31. The summed E-state index contributed by atoms with van der Waals surface area (Å²) in [7, 11) is 0. The molecule has 0 aromatic carbocycles. The molecule has 0 bridgehead atoms. The number of amides is 1. The third-order valence-electron chi connectivity index (χ3n) is 3.14. The smallest absolute Gasteiger partial charge is 0.228 e. The van der Waals surface area contributed by atoms with Crippen molar-refractivity contribution < 1.29 is 9.53 Å². The maximum absolute atomic E-state index is 12.2. The Morgan fingerprint density at radius 2 is 2.25 bits per heavy atom. The average Bonchev–Trinajstić information content (AvgIpc) is 2.69. The molecule has 1 rings (SSSR count). The number of alkyl halides is 1. The van der Waals surface area contributed by atoms with Crippen LogP contribution in [0.3, 0.4) is 0 Å². The van der Waals surface area contributed by atoms with E-state index in [4.69, 9.17) is 16.3 Å². The van der Waals surface area contributed by atoms with Gasteiger partial charge in [-0.3, -0.25) is 4.79 Å². The van der Waals surface area contributed by atoms with Gasteiger partial charge >= 0.3 is 0 Å². The van der Waals surface area contributed by atoms with Crippen molar-refractivity contribution in [2.45, 2.75) is 39.2 Å². The first-order valence-electron chi connectivity index (χ1n) is 6.17. The Labute approximate surface area is 103 Å². The fraction of sp³-hybridized carbons (Fsp3) is 0.917. The number of hydrogen-bond acceptors (Lipinski definition) is 2. The number of rotatable bonds is 6. The molecule has 0 saturated carbocycles. The minimum absolute atomic E-state index is 0.0417. The minimum Gasteiger partial charge on any atom is -0.378 e. The Balaban J connectivity index is 2.51. The van der Waals surface area contributed by atoms with Crippen molar-refractivity contribution in [3.8, 4) is 0 Å². The highest BCUT2D eigenvalue weighted by Crippen LogP contribution is 2.22. The molecule has 2 atom stereocenters. The van der Waals surface area contributed by atoms with Crippen molar-refractivity contribution in [2.75, 3.05) is 25.6 Å². The fourth-order valence-corrected chi connectivity index (χ4v) is 2.28. The molecule has 1 fully saturated rings. The molecule has 1 saturated heterocycles. The molecular weight excluding hydrogens is 226 g/mol. The van der Waals surface area contributed by atoms with Crippen LogP contribution >= 0.6 is 11.6 Å². The monoisotopic (exact) mass is 247 g/mol. The quantitative estimate of drug-likeness (QED) is 0.674. The topological polar surface area (TPSA) is 29.5 Å². The molecule has 0 aromatic heterocycles. The molecule has 0 radical (unpaired) electrons. The van der Waals surface area contributed by atoms with Gasteiger partial charge in [0.05, 0.1) is 12.0 Å². The van der Waals surface area contributed by atoms with Crippen molar-refractivity contribution in [2.24, 2.45) is 5.92 Å². The summed E-state index contributed by atoms with van der Waals surface area (Å²) in [6, 6.07) is 0. The first-order valence-corrected chi connectivity index (χ1v) is 6.70. The molecule has 94 valence electrons. The maximum Gasteiger partial charge on any atom is 0.228 e. The Bertz CT molecular complexity index is 223. The fourth-order valence-electron chi connectivity index (χ4n) is 2.07. The van der Waals surface area contributed by atoms with Crippen molar-refractivity contribution in [3.63, 3.8) is 0 Å². The van der Waals surface area contributed by atoms with Crippen LogP contribution < -0.4 is 0 Å². The summed E-state index contributed by atoms with van der Waals surface area (Å²) in [5, 5.41) is 0. The second-order valence-corrected chi connectivity index (χ2v) is 4.72. The number of halogens is 1. The van der Waals surface area contributed by atoms with Gasteiger partial charge in [0.25, 0.3) is 0 Å². The predicted octanol–water partition coefficient (Wildman–Crippen LogP) is 2.28. The molecular formula is C12H22ClNO2. The van der Waals surface area contributed by atoms with Crippen LogP contribution in [0, 0.1) is 5.92 Å². The molecule has 0 spiro atoms. The zero-order valence-electron chi connectivity index (χ0n) is 10.2. The zero-order valence-corrected chi connectivity index (χ0v) is 11.0. The summed E-state index contributed by atoms with van der Waals surface area (Å²) in [6.07, 6.45) is 3.06. The first kappa shape index (κ1) is 13.8. The van der Waals surface area contributed by atoms with E-state index in [1.54, 1.807) is 0 Å². The van der Waals surface area contributed by atoms with E-state index >= 15 is 0 Å². The van der Waals surface area contributed by atoms with E-state index in [0.717, 1.165) is 25.8 Å². The van der Waals surface area contributed by atoms with Gasteiger partial charge < -0.3 is 9.64 Å². The highest BCUT2D eigenvalue weighted by atomic mass is 35.5. The van der Waals surface area contributed by atoms with Crippen LogP contribution in [0.25, 0.3) is 0 Å². The lowest BCUT2D eigenvalue weighted by molar-refractivity contribution is -0.136. The van der Waals surface area contributed by atoms with Gasteiger partial charge in [0.1, 0.15) is 0 Å². The number of nitrogens with zero attached hydrogens (tertiary/aromatic N) is 1. The summed E-state index contributed by atoms with van der Waals surface area (Å²) in [5.41, 5.74) is 0. The summed E-state index contributed by atoms with van der Waals surface area (Å²) >= 11 is 5.74. The number of carbonyl (C=O) groups is 1. The summed E-state index contributed by atoms with van der Waals surface area (Å²) in [6.45, 7) is 6.30. The molecule has 1 aliphatic rings. The molecule has 0 aliphatic carbocycles. The van der Waals surface area contributed by atoms with E-state index in [0.29, 0.717) is 19.0 Å². The minimum atomic E-state index is 0.0417. The predicted molar refractivity (Wildman–Crippen MR) is 65.7 cm³/mol. The van der Waals surface area contributed by atoms with Gasteiger partial charge in [-0.1, -0.05) is 13.3 Å². The Kier molecular flexibility index (Phi) is 6.14. The van der Waals surface area contributed by atoms with E-state index < -0.39 is 0 Å². The molecule has 1 aliphatic heterocycles. The van der Waals surface area contributed by atoms with E-state index in [1.165, 1.54) is 0 Å². The number of ether oxygens (including phenoxy) is 1. The number of carbonyl (C=O) groups excluding carboxylic acids is 1. The largest absolute Gasteiger partial charge is 0.378 e. The van der Waals surface area contributed by atoms with E-state index in [-0.39, 0.29) is 17.9 Å². The molecule has 2 unspecified atom stereocenters. The van der Waals surface area contributed by atoms with Gasteiger partial charge in [-0.15, -0.1) is 11.6 Å². The number of hydrogen-bond donors (Lipinski definition) is 0. The van der Waals surface area contributed by atoms with Gasteiger partial charge in [0.2, 0.25) is 5.91 Å². The van der Waals surface area contributed by atoms with Crippen LogP contribution in [0.4, 0.5) is 0 Å². The first-order chi connectivity index (χ1) is 7.70. The van der Waals surface area contributed by atoms with E-state index in [1.807, 2.05) is 11.8 Å². The summed E-state index contributed by atoms with van der Waals surface area (Å²) < 4.78 is 5.44. The highest BCUT2D eigenvalue weighted by molar-refractivity contribution is 6.18. The van der Waals surface area contributed by atoms with Gasteiger partial charge in [-0.2, -0.15) is 0 Å². The second-order valence-electron chi connectivity index (χ2n) is 4.34. The normalized spacial score (nSPS) is 24.7. The van der Waals surface area contributed by atoms with Crippen molar-refractivity contribution >= 4 is 17.5 Å². The van der Waals surface area contributed by atoms with E-state index in [2.05, 4.69) is 6.92 Å². The molecule has 1 heterocycles. The lowest BCUT2D eigenvalue weighted by atomic mass is 10.0. The van der Waals surface area contributed by atoms with E-state index in [9.17, 15) is 4.79 Å². The van der Waals surface area contributed by atoms with Gasteiger partial charge in [0.15, 0.2) is 0 Å². The van der Waals surface area contributed by atoms with Crippen LogP contribution in [0.15, 0.2) is 0 Å². The van der Waals surface area contributed by atoms with Crippen molar-refractivity contribution in [3.05, 3.63) is 0 Å². The molecule has 4 heteroatoms. The van der Waals surface area contributed by atoms with Gasteiger partial charge in [0, 0.05) is 25.6 Å². The molecule has 16 heavy (non-hydrogen) atoms. The van der Waals surface area contributed by atoms with Crippen LogP contribution in [-0.2, 0) is 9.53 Å². The van der Waals surface area contributed by atoms with Crippen LogP contribution in [0.5, 0.6) is 0 Å². The number of unbranched alkanes of at least 4 members (excludes halogenated alkanes) is 1. The van der Waals surface area contributed by atoms with Gasteiger partial charge in [-0.25, -0.2) is 0 Å². The SMILES string of the molecule is CCCCN(CCCl)C(=O)C1CCOC1C. The molecule has 0 aromatic rings. The third kappa shape index (κ3) is 3.63. The summed E-state index contributed by atoms with van der Waals surface area (Å²) in [5.74, 6) is 0.774. The second kappa shape index (κ2) is 7.13. The Morgan fingerprint density at radius 3 is 2.75 bits per heavy atom. The van der Waals surface area contributed by atoms with Crippen molar-refractivity contribution in [1.82, 2.24) is 4.90 Å². The molecule has 3 nitrogen and oxygen atoms in total. The van der Waals surface area contributed by atoms with Gasteiger partial charge in [-0.05, 0) is 19.8 Å². The lowest BCUT2D eigenvalue weighted by Gasteiger charge is -2.26. The standard InChI is InChI=1S/C12H22ClNO2/c1-3-4-7-14(8-6-13)12(15)11-5-9-16-10(11)2/h10-11H,3-9H2,1-2H3. The zero-order chi connectivity index (χ0) is 12.0. The maximum atomic E-state index is 12.2. The van der Waals surface area contributed by atoms with Crippen LogP contribution in [-0.4, -0.2) is 42.5 Å². The Morgan fingerprint density at radius 1 is 1.50 bits per heavy atom. The van der Waals surface area contributed by atoms with Crippen LogP contribution in [0.1, 0.15) is 33.1 Å². The summed E-state index contributed by atoms with van der Waals surface area (Å²) in [4.78, 5) is 14.1. The molecule has 0 N–H and O–H groups in total. The molecule has 1 amide bonds. The highest BCUT2D eigenvalue weighted by Gasteiger charge is 2.33. The average molecular weight is 248 g/mol. The van der Waals surface area contributed by atoms with Crippen molar-refractivity contribution in [1.29, 1.82) is 0 Å². The Hall–Kier alpha value is -0.280. The van der Waals surface area contributed by atoms with Crippen LogP contribution in [0.2, 0.25) is 0 Å². The lowest BCUT2D eigenvalue weighted by Crippen LogP contribution is -2.40.